The zero-order valence-electron chi connectivity index (χ0n) is 10.7. The van der Waals surface area contributed by atoms with E-state index in [2.05, 4.69) is 11.8 Å². The van der Waals surface area contributed by atoms with Crippen LogP contribution in [0.1, 0.15) is 24.2 Å². The first kappa shape index (κ1) is 12.9. The summed E-state index contributed by atoms with van der Waals surface area (Å²) in [6, 6.07) is 18.9. The number of esters is 1. The molecule has 0 fully saturated rings. The third-order valence-corrected chi connectivity index (χ3v) is 2.64. The molecule has 0 amide bonds. The molecule has 2 heteroatoms. The van der Waals surface area contributed by atoms with Crippen molar-refractivity contribution in [2.24, 2.45) is 0 Å². The summed E-state index contributed by atoms with van der Waals surface area (Å²) < 4.78 is 5.25. The maximum Gasteiger partial charge on any atom is 0.385 e. The summed E-state index contributed by atoms with van der Waals surface area (Å²) >= 11 is 0. The minimum absolute atomic E-state index is 0.293. The second-order valence-electron chi connectivity index (χ2n) is 4.07. The lowest BCUT2D eigenvalue weighted by Gasteiger charge is -2.10. The average molecular weight is 250 g/mol. The van der Waals surface area contributed by atoms with Gasteiger partial charge in [-0.1, -0.05) is 54.5 Å². The summed E-state index contributed by atoms with van der Waals surface area (Å²) in [4.78, 5) is 11.6. The van der Waals surface area contributed by atoms with Gasteiger partial charge < -0.3 is 4.74 Å². The first-order chi connectivity index (χ1) is 9.25. The largest absolute Gasteiger partial charge is 0.448 e. The summed E-state index contributed by atoms with van der Waals surface area (Å²) in [5.74, 6) is 4.75. The molecular weight excluding hydrogens is 236 g/mol. The van der Waals surface area contributed by atoms with Gasteiger partial charge in [0.2, 0.25) is 0 Å². The lowest BCUT2D eigenvalue weighted by atomic mass is 10.1. The Kier molecular flexibility index (Phi) is 4.36. The molecule has 2 aromatic rings. The third-order valence-electron chi connectivity index (χ3n) is 2.64. The number of rotatable bonds is 2. The SMILES string of the molecule is C[C@H](OC(=O)C#Cc1ccccc1)c1ccccc1. The van der Waals surface area contributed by atoms with Gasteiger partial charge in [0.1, 0.15) is 6.10 Å². The molecule has 0 heterocycles. The van der Waals surface area contributed by atoms with Crippen LogP contribution in [0.3, 0.4) is 0 Å². The van der Waals surface area contributed by atoms with Crippen molar-refractivity contribution in [1.29, 1.82) is 0 Å². The van der Waals surface area contributed by atoms with E-state index in [9.17, 15) is 4.79 Å². The molecule has 2 nitrogen and oxygen atoms in total. The summed E-state index contributed by atoms with van der Waals surface area (Å²) in [7, 11) is 0. The van der Waals surface area contributed by atoms with Gasteiger partial charge in [-0.15, -0.1) is 0 Å². The number of benzene rings is 2. The molecule has 0 aromatic heterocycles. The van der Waals surface area contributed by atoms with Crippen molar-refractivity contribution in [2.75, 3.05) is 0 Å². The van der Waals surface area contributed by atoms with E-state index in [0.29, 0.717) is 0 Å². The lowest BCUT2D eigenvalue weighted by Crippen LogP contribution is -2.06. The molecule has 0 N–H and O–H groups in total. The fourth-order valence-corrected chi connectivity index (χ4v) is 1.63. The van der Waals surface area contributed by atoms with Gasteiger partial charge in [0, 0.05) is 11.5 Å². The predicted molar refractivity (Wildman–Crippen MR) is 74.3 cm³/mol. The molecule has 94 valence electrons. The summed E-state index contributed by atoms with van der Waals surface area (Å²) in [5, 5.41) is 0. The van der Waals surface area contributed by atoms with E-state index in [1.54, 1.807) is 0 Å². The number of carbonyl (C=O) groups is 1. The Hall–Kier alpha value is -2.53. The highest BCUT2D eigenvalue weighted by Gasteiger charge is 2.08. The van der Waals surface area contributed by atoms with Gasteiger partial charge in [0.25, 0.3) is 0 Å². The van der Waals surface area contributed by atoms with Crippen LogP contribution in [0.2, 0.25) is 0 Å². The minimum Gasteiger partial charge on any atom is -0.448 e. The molecule has 0 unspecified atom stereocenters. The Balaban J connectivity index is 1.97. The maximum atomic E-state index is 11.6. The Morgan fingerprint density at radius 2 is 1.58 bits per heavy atom. The molecule has 0 spiro atoms. The molecule has 2 rings (SSSR count). The molecule has 2 aromatic carbocycles. The van der Waals surface area contributed by atoms with E-state index < -0.39 is 5.97 Å². The molecule has 0 saturated heterocycles. The molecule has 0 bridgehead atoms. The monoisotopic (exact) mass is 250 g/mol. The molecule has 19 heavy (non-hydrogen) atoms. The van der Waals surface area contributed by atoms with E-state index in [1.165, 1.54) is 0 Å². The number of carbonyl (C=O) groups excluding carboxylic acids is 1. The molecular formula is C17H14O2. The van der Waals surface area contributed by atoms with Gasteiger partial charge >= 0.3 is 5.97 Å². The second-order valence-corrected chi connectivity index (χ2v) is 4.07. The van der Waals surface area contributed by atoms with Crippen LogP contribution in [0.5, 0.6) is 0 Å². The van der Waals surface area contributed by atoms with Crippen molar-refractivity contribution in [1.82, 2.24) is 0 Å². The van der Waals surface area contributed by atoms with Crippen molar-refractivity contribution in [3.05, 3.63) is 71.8 Å². The summed E-state index contributed by atoms with van der Waals surface area (Å²) in [6.45, 7) is 1.83. The fourth-order valence-electron chi connectivity index (χ4n) is 1.63. The standard InChI is InChI=1S/C17H14O2/c1-14(16-10-6-3-7-11-16)19-17(18)13-12-15-8-4-2-5-9-15/h2-11,14H,1H3/t14-/m0/s1. The zero-order chi connectivity index (χ0) is 13.5. The first-order valence-electron chi connectivity index (χ1n) is 6.08. The van der Waals surface area contributed by atoms with Gasteiger partial charge in [-0.3, -0.25) is 0 Å². The Bertz CT molecular complexity index is 591. The topological polar surface area (TPSA) is 26.3 Å². The molecule has 0 saturated carbocycles. The Morgan fingerprint density at radius 1 is 1.00 bits per heavy atom. The van der Waals surface area contributed by atoms with Crippen molar-refractivity contribution >= 4 is 5.97 Å². The molecule has 0 radical (unpaired) electrons. The fraction of sp³-hybridized carbons (Fsp3) is 0.118. The van der Waals surface area contributed by atoms with Crippen molar-refractivity contribution in [3.8, 4) is 11.8 Å². The van der Waals surface area contributed by atoms with E-state index in [-0.39, 0.29) is 6.10 Å². The van der Waals surface area contributed by atoms with Gasteiger partial charge in [-0.25, -0.2) is 4.79 Å². The van der Waals surface area contributed by atoms with Crippen molar-refractivity contribution < 1.29 is 9.53 Å². The van der Waals surface area contributed by atoms with Gasteiger partial charge in [-0.05, 0) is 24.6 Å². The highest BCUT2D eigenvalue weighted by Crippen LogP contribution is 2.15. The van der Waals surface area contributed by atoms with Crippen LogP contribution in [-0.2, 0) is 9.53 Å². The van der Waals surface area contributed by atoms with E-state index in [1.807, 2.05) is 67.6 Å². The minimum atomic E-state index is -0.514. The van der Waals surface area contributed by atoms with E-state index in [4.69, 9.17) is 4.74 Å². The van der Waals surface area contributed by atoms with Crippen LogP contribution in [0.25, 0.3) is 0 Å². The van der Waals surface area contributed by atoms with Crippen molar-refractivity contribution in [3.63, 3.8) is 0 Å². The number of hydrogen-bond donors (Lipinski definition) is 0. The molecule has 0 aliphatic carbocycles. The van der Waals surface area contributed by atoms with Crippen LogP contribution >= 0.6 is 0 Å². The summed E-state index contributed by atoms with van der Waals surface area (Å²) in [5.41, 5.74) is 1.75. The van der Waals surface area contributed by atoms with Crippen LogP contribution in [0.15, 0.2) is 60.7 Å². The first-order valence-corrected chi connectivity index (χ1v) is 6.08. The van der Waals surface area contributed by atoms with Gasteiger partial charge in [0.05, 0.1) is 0 Å². The van der Waals surface area contributed by atoms with Crippen LogP contribution < -0.4 is 0 Å². The van der Waals surface area contributed by atoms with Gasteiger partial charge in [0.15, 0.2) is 0 Å². The third kappa shape index (κ3) is 4.01. The number of ether oxygens (including phenoxy) is 1. The van der Waals surface area contributed by atoms with Crippen LogP contribution in [-0.4, -0.2) is 5.97 Å². The van der Waals surface area contributed by atoms with Crippen LogP contribution in [0, 0.1) is 11.8 Å². The number of hydrogen-bond acceptors (Lipinski definition) is 2. The maximum absolute atomic E-state index is 11.6. The highest BCUT2D eigenvalue weighted by atomic mass is 16.5. The Morgan fingerprint density at radius 3 is 2.21 bits per heavy atom. The van der Waals surface area contributed by atoms with E-state index >= 15 is 0 Å². The second kappa shape index (κ2) is 6.42. The zero-order valence-corrected chi connectivity index (χ0v) is 10.7. The van der Waals surface area contributed by atoms with Gasteiger partial charge in [-0.2, -0.15) is 0 Å². The summed E-state index contributed by atoms with van der Waals surface area (Å²) in [6.07, 6.45) is -0.293. The molecule has 0 aliphatic heterocycles. The normalized spacial score (nSPS) is 11.0. The predicted octanol–water partition coefficient (Wildman–Crippen LogP) is 3.34. The van der Waals surface area contributed by atoms with Crippen LogP contribution in [0.4, 0.5) is 0 Å². The van der Waals surface area contributed by atoms with Crippen molar-refractivity contribution in [2.45, 2.75) is 13.0 Å². The average Bonchev–Trinajstić information content (AvgIpc) is 2.47. The lowest BCUT2D eigenvalue weighted by molar-refractivity contribution is -0.141. The molecule has 0 aliphatic rings. The quantitative estimate of drug-likeness (QED) is 0.603. The van der Waals surface area contributed by atoms with E-state index in [0.717, 1.165) is 11.1 Å². The Labute approximate surface area is 113 Å². The molecule has 1 atom stereocenters. The highest BCUT2D eigenvalue weighted by molar-refractivity contribution is 5.89. The smallest absolute Gasteiger partial charge is 0.385 e.